The summed E-state index contributed by atoms with van der Waals surface area (Å²) >= 11 is 12.5. The highest BCUT2D eigenvalue weighted by molar-refractivity contribution is 8.29. The van der Waals surface area contributed by atoms with Gasteiger partial charge in [-0.15, -0.1) is 0 Å². The Morgan fingerprint density at radius 2 is 0.955 bits per heavy atom. The molecule has 6 amide bonds. The van der Waals surface area contributed by atoms with Crippen LogP contribution in [0.4, 0.5) is 0 Å². The van der Waals surface area contributed by atoms with Gasteiger partial charge in [0.2, 0.25) is 11.8 Å². The zero-order chi connectivity index (χ0) is 32.0. The lowest BCUT2D eigenvalue weighted by Gasteiger charge is -2.15. The molecule has 44 heavy (non-hydrogen) atoms. The number of hydrogen-bond donors (Lipinski definition) is 4. The molecule has 2 aromatic rings. The number of thiocarbonyl (C=S) groups is 2. The van der Waals surface area contributed by atoms with E-state index in [9.17, 15) is 28.8 Å². The average Bonchev–Trinajstić information content (AvgIpc) is 3.44. The van der Waals surface area contributed by atoms with Crippen LogP contribution in [0.25, 0.3) is 0 Å². The van der Waals surface area contributed by atoms with Gasteiger partial charge < -0.3 is 0 Å². The third-order valence-electron chi connectivity index (χ3n) is 6.29. The highest BCUT2D eigenvalue weighted by Crippen LogP contribution is 2.42. The third kappa shape index (κ3) is 8.07. The normalized spacial score (nSPS) is 16.3. The minimum absolute atomic E-state index is 0.0742. The molecular formula is C28H26N6O6S4. The monoisotopic (exact) mass is 670 g/mol. The molecule has 0 aromatic heterocycles. The molecular weight excluding hydrogens is 645 g/mol. The van der Waals surface area contributed by atoms with Crippen molar-refractivity contribution in [2.24, 2.45) is 0 Å². The lowest BCUT2D eigenvalue weighted by Crippen LogP contribution is -2.43. The van der Waals surface area contributed by atoms with Crippen molar-refractivity contribution in [3.63, 3.8) is 0 Å². The maximum Gasteiger partial charge on any atom is 0.269 e. The Morgan fingerprint density at radius 3 is 1.30 bits per heavy atom. The van der Waals surface area contributed by atoms with Gasteiger partial charge in [0.1, 0.15) is 8.64 Å². The fourth-order valence-electron chi connectivity index (χ4n) is 3.81. The van der Waals surface area contributed by atoms with Crippen LogP contribution in [-0.4, -0.2) is 67.0 Å². The molecule has 4 N–H and O–H groups in total. The Bertz CT molecular complexity index is 1470. The zero-order valence-electron chi connectivity index (χ0n) is 23.4. The molecule has 0 spiro atoms. The van der Waals surface area contributed by atoms with Crippen molar-refractivity contribution in [3.05, 3.63) is 80.6 Å². The van der Waals surface area contributed by atoms with Gasteiger partial charge in [0.15, 0.2) is 0 Å². The fraction of sp³-hybridized carbons (Fsp3) is 0.214. The van der Waals surface area contributed by atoms with Gasteiger partial charge in [-0.1, -0.05) is 83.4 Å². The van der Waals surface area contributed by atoms with Gasteiger partial charge in [0.05, 0.1) is 9.81 Å². The van der Waals surface area contributed by atoms with E-state index in [0.717, 1.165) is 34.7 Å². The van der Waals surface area contributed by atoms with E-state index < -0.39 is 35.4 Å². The number of amides is 6. The maximum absolute atomic E-state index is 13.1. The van der Waals surface area contributed by atoms with Crippen LogP contribution in [-0.2, 0) is 19.2 Å². The van der Waals surface area contributed by atoms with Crippen LogP contribution >= 0.6 is 48.0 Å². The van der Waals surface area contributed by atoms with Crippen LogP contribution in [0.1, 0.15) is 44.7 Å². The molecule has 16 heteroatoms. The summed E-state index contributed by atoms with van der Waals surface area (Å²) in [5.74, 6) is -3.16. The Labute approximate surface area is 271 Å². The second-order valence-corrected chi connectivity index (χ2v) is 12.8. The smallest absolute Gasteiger partial charge is 0.269 e. The lowest BCUT2D eigenvalue weighted by atomic mass is 10.1. The van der Waals surface area contributed by atoms with Gasteiger partial charge in [-0.25, -0.2) is 0 Å². The molecule has 2 fully saturated rings. The van der Waals surface area contributed by atoms with Crippen LogP contribution < -0.4 is 21.7 Å². The van der Waals surface area contributed by atoms with E-state index in [4.69, 9.17) is 24.4 Å². The van der Waals surface area contributed by atoms with Crippen LogP contribution in [0, 0.1) is 13.8 Å². The predicted octanol–water partition coefficient (Wildman–Crippen LogP) is 2.24. The number of hydrazine groups is 2. The molecule has 2 aliphatic heterocycles. The minimum atomic E-state index is -0.548. The first-order valence-corrected chi connectivity index (χ1v) is 15.5. The van der Waals surface area contributed by atoms with E-state index >= 15 is 0 Å². The topological polar surface area (TPSA) is 157 Å². The summed E-state index contributed by atoms with van der Waals surface area (Å²) in [6.45, 7) is 3.63. The second-order valence-electron chi connectivity index (χ2n) is 9.54. The van der Waals surface area contributed by atoms with Gasteiger partial charge in [-0.3, -0.25) is 60.3 Å². The maximum atomic E-state index is 13.1. The molecule has 0 bridgehead atoms. The molecule has 12 nitrogen and oxygen atoms in total. The quantitative estimate of drug-likeness (QED) is 0.187. The molecule has 2 aliphatic rings. The Hall–Kier alpha value is -4.12. The van der Waals surface area contributed by atoms with E-state index in [1.165, 1.54) is 9.80 Å². The number of carbonyl (C=O) groups excluding carboxylic acids is 6. The molecule has 0 aliphatic carbocycles. The van der Waals surface area contributed by atoms with Crippen LogP contribution in [0.5, 0.6) is 0 Å². The molecule has 0 unspecified atom stereocenters. The minimum Gasteiger partial charge on any atom is -0.292 e. The molecule has 2 aromatic carbocycles. The van der Waals surface area contributed by atoms with Crippen LogP contribution in [0.3, 0.4) is 0 Å². The van der Waals surface area contributed by atoms with E-state index in [1.807, 2.05) is 13.8 Å². The SMILES string of the molecule is Cc1ccc(C(=O)NNC(=O)CCN2C(=O)C(=C3SC(=S)N(CCC(=O)NNC(=O)c4ccc(C)cc4)C3=O)SC2=S)cc1. The highest BCUT2D eigenvalue weighted by atomic mass is 32.2. The fourth-order valence-corrected chi connectivity index (χ4v) is 6.59. The zero-order valence-corrected chi connectivity index (χ0v) is 26.7. The first kappa shape index (κ1) is 32.8. The van der Waals surface area contributed by atoms with Crippen molar-refractivity contribution in [2.45, 2.75) is 26.7 Å². The lowest BCUT2D eigenvalue weighted by molar-refractivity contribution is -0.126. The second kappa shape index (κ2) is 14.6. The van der Waals surface area contributed by atoms with Gasteiger partial charge in [0, 0.05) is 37.1 Å². The highest BCUT2D eigenvalue weighted by Gasteiger charge is 2.42. The Balaban J connectivity index is 1.26. The summed E-state index contributed by atoms with van der Waals surface area (Å²) < 4.78 is 0.325. The van der Waals surface area contributed by atoms with Crippen molar-refractivity contribution in [2.75, 3.05) is 13.1 Å². The van der Waals surface area contributed by atoms with Gasteiger partial charge in [0.25, 0.3) is 23.6 Å². The molecule has 0 atom stereocenters. The number of rotatable bonds is 8. The number of thioether (sulfide) groups is 2. The van der Waals surface area contributed by atoms with Crippen molar-refractivity contribution in [1.29, 1.82) is 0 Å². The summed E-state index contributed by atoms with van der Waals surface area (Å²) in [7, 11) is 0. The Morgan fingerprint density at radius 1 is 0.614 bits per heavy atom. The van der Waals surface area contributed by atoms with Gasteiger partial charge in [-0.2, -0.15) is 0 Å². The number of benzene rings is 2. The first-order valence-electron chi connectivity index (χ1n) is 13.1. The summed E-state index contributed by atoms with van der Waals surface area (Å²) in [6.07, 6.45) is -0.325. The Kier molecular flexibility index (Phi) is 10.9. The predicted molar refractivity (Wildman–Crippen MR) is 174 cm³/mol. The van der Waals surface area contributed by atoms with Crippen molar-refractivity contribution < 1.29 is 28.8 Å². The van der Waals surface area contributed by atoms with Crippen LogP contribution in [0.2, 0.25) is 0 Å². The van der Waals surface area contributed by atoms with Crippen molar-refractivity contribution in [3.8, 4) is 0 Å². The first-order chi connectivity index (χ1) is 20.9. The molecule has 0 radical (unpaired) electrons. The van der Waals surface area contributed by atoms with Crippen molar-refractivity contribution in [1.82, 2.24) is 31.5 Å². The molecule has 2 saturated heterocycles. The summed E-state index contributed by atoms with van der Waals surface area (Å²) in [5.41, 5.74) is 12.0. The molecule has 0 saturated carbocycles. The van der Waals surface area contributed by atoms with Crippen molar-refractivity contribution >= 4 is 92.0 Å². The third-order valence-corrected chi connectivity index (χ3v) is 9.31. The molecule has 228 valence electrons. The van der Waals surface area contributed by atoms with E-state index in [2.05, 4.69) is 21.7 Å². The average molecular weight is 671 g/mol. The number of carbonyl (C=O) groups is 6. The summed E-state index contributed by atoms with van der Waals surface area (Å²) in [4.78, 5) is 77.8. The standard InChI is InChI=1S/C28H26N6O6S4/c1-15-3-7-17(8-4-15)23(37)31-29-19(35)11-13-33-25(39)21(43-27(33)41)22-26(40)34(28(42)44-22)14-12-20(36)30-32-24(38)18-9-5-16(2)6-10-18/h3-10H,11-14H2,1-2H3,(H,29,35)(H,30,36)(H,31,37)(H,32,38). The molecule has 4 rings (SSSR count). The summed E-state index contributed by atoms with van der Waals surface area (Å²) in [5, 5.41) is 0. The van der Waals surface area contributed by atoms with E-state index in [-0.39, 0.29) is 44.4 Å². The number of nitrogens with zero attached hydrogens (tertiary/aromatic N) is 2. The van der Waals surface area contributed by atoms with E-state index in [1.54, 1.807) is 48.5 Å². The largest absolute Gasteiger partial charge is 0.292 e. The van der Waals surface area contributed by atoms with Gasteiger partial charge >= 0.3 is 0 Å². The van der Waals surface area contributed by atoms with Crippen LogP contribution in [0.15, 0.2) is 58.3 Å². The number of nitrogens with one attached hydrogen (secondary N) is 4. The van der Waals surface area contributed by atoms with Gasteiger partial charge in [-0.05, 0) is 38.1 Å². The molecule has 2 heterocycles. The summed E-state index contributed by atoms with van der Waals surface area (Å²) in [6, 6.07) is 13.6. The number of hydrogen-bond acceptors (Lipinski definition) is 10. The number of aryl methyl sites for hydroxylation is 2. The van der Waals surface area contributed by atoms with E-state index in [0.29, 0.717) is 11.1 Å².